The topological polar surface area (TPSA) is 46.5 Å². The van der Waals surface area contributed by atoms with Gasteiger partial charge < -0.3 is 9.84 Å². The van der Waals surface area contributed by atoms with Crippen LogP contribution < -0.4 is 0 Å². The molecule has 11 heavy (non-hydrogen) atoms. The van der Waals surface area contributed by atoms with Crippen LogP contribution in [0.3, 0.4) is 0 Å². The lowest BCUT2D eigenvalue weighted by Gasteiger charge is -2.08. The molecular weight excluding hydrogens is 164 g/mol. The number of esters is 1. The van der Waals surface area contributed by atoms with E-state index in [9.17, 15) is 4.79 Å². The van der Waals surface area contributed by atoms with Crippen molar-refractivity contribution >= 4 is 17.7 Å². The molecule has 1 unspecified atom stereocenters. The number of carbonyl (C=O) groups excluding carboxylic acids is 1. The summed E-state index contributed by atoms with van der Waals surface area (Å²) in [5.74, 6) is 0.380. The zero-order valence-corrected chi connectivity index (χ0v) is 7.69. The second-order valence-electron chi connectivity index (χ2n) is 1.99. The second kappa shape index (κ2) is 6.49. The maximum absolute atomic E-state index is 10.9. The van der Waals surface area contributed by atoms with E-state index in [2.05, 4.69) is 0 Å². The molecule has 0 bridgehead atoms. The maximum atomic E-state index is 10.9. The maximum Gasteiger partial charge on any atom is 0.318 e. The van der Waals surface area contributed by atoms with Crippen LogP contribution in [0.15, 0.2) is 0 Å². The van der Waals surface area contributed by atoms with Crippen LogP contribution in [0, 0.1) is 0 Å². The van der Waals surface area contributed by atoms with Gasteiger partial charge in [0.25, 0.3) is 0 Å². The molecule has 0 amide bonds. The van der Waals surface area contributed by atoms with E-state index >= 15 is 0 Å². The van der Waals surface area contributed by atoms with Crippen molar-refractivity contribution < 1.29 is 14.6 Å². The molecule has 0 aromatic rings. The lowest BCUT2D eigenvalue weighted by Crippen LogP contribution is -2.17. The first-order valence-corrected chi connectivity index (χ1v) is 4.66. The Labute approximate surface area is 71.1 Å². The molecule has 0 aliphatic carbocycles. The summed E-state index contributed by atoms with van der Waals surface area (Å²) in [6.45, 7) is 4.08. The van der Waals surface area contributed by atoms with Gasteiger partial charge in [-0.25, -0.2) is 0 Å². The van der Waals surface area contributed by atoms with Crippen LogP contribution in [0.2, 0.25) is 0 Å². The Hall–Kier alpha value is -0.220. The standard InChI is InChI=1S/C7H14O3S/c1-3-10-7(9)6(2)11-5-4-8/h6,8H,3-5H2,1-2H3. The van der Waals surface area contributed by atoms with E-state index in [1.54, 1.807) is 13.8 Å². The Bertz CT molecular complexity index is 116. The number of thioether (sulfide) groups is 1. The van der Waals surface area contributed by atoms with Gasteiger partial charge in [-0.3, -0.25) is 4.79 Å². The van der Waals surface area contributed by atoms with Crippen molar-refractivity contribution in [2.75, 3.05) is 19.0 Å². The summed E-state index contributed by atoms with van der Waals surface area (Å²) >= 11 is 1.40. The molecule has 0 fully saturated rings. The van der Waals surface area contributed by atoms with Crippen LogP contribution in [-0.2, 0) is 9.53 Å². The van der Waals surface area contributed by atoms with Gasteiger partial charge in [0.1, 0.15) is 0 Å². The Kier molecular flexibility index (Phi) is 6.36. The highest BCUT2D eigenvalue weighted by Crippen LogP contribution is 2.10. The Morgan fingerprint density at radius 3 is 2.82 bits per heavy atom. The van der Waals surface area contributed by atoms with Crippen molar-refractivity contribution in [3.63, 3.8) is 0 Å². The van der Waals surface area contributed by atoms with Gasteiger partial charge in [0.05, 0.1) is 18.5 Å². The summed E-state index contributed by atoms with van der Waals surface area (Å²) in [6.07, 6.45) is 0. The minimum Gasteiger partial charge on any atom is -0.465 e. The second-order valence-corrected chi connectivity index (χ2v) is 3.44. The van der Waals surface area contributed by atoms with Gasteiger partial charge in [0, 0.05) is 5.75 Å². The van der Waals surface area contributed by atoms with Gasteiger partial charge in [0.2, 0.25) is 0 Å². The number of rotatable bonds is 5. The van der Waals surface area contributed by atoms with Gasteiger partial charge in [0.15, 0.2) is 0 Å². The average molecular weight is 178 g/mol. The van der Waals surface area contributed by atoms with Crippen molar-refractivity contribution in [3.8, 4) is 0 Å². The van der Waals surface area contributed by atoms with Crippen molar-refractivity contribution in [1.82, 2.24) is 0 Å². The molecule has 1 N–H and O–H groups in total. The summed E-state index contributed by atoms with van der Waals surface area (Å²) in [5.41, 5.74) is 0. The van der Waals surface area contributed by atoms with E-state index in [1.807, 2.05) is 0 Å². The highest BCUT2D eigenvalue weighted by atomic mass is 32.2. The number of ether oxygens (including phenoxy) is 1. The normalized spacial score (nSPS) is 12.6. The molecular formula is C7H14O3S. The molecule has 0 aliphatic heterocycles. The van der Waals surface area contributed by atoms with Crippen LogP contribution >= 0.6 is 11.8 Å². The van der Waals surface area contributed by atoms with Crippen molar-refractivity contribution in [1.29, 1.82) is 0 Å². The number of carbonyl (C=O) groups is 1. The van der Waals surface area contributed by atoms with Crippen molar-refractivity contribution in [2.45, 2.75) is 19.1 Å². The molecule has 0 aromatic carbocycles. The highest BCUT2D eigenvalue weighted by molar-refractivity contribution is 8.00. The monoisotopic (exact) mass is 178 g/mol. The number of hydrogen-bond acceptors (Lipinski definition) is 4. The van der Waals surface area contributed by atoms with Gasteiger partial charge in [-0.15, -0.1) is 11.8 Å². The van der Waals surface area contributed by atoms with Crippen LogP contribution in [0.1, 0.15) is 13.8 Å². The van der Waals surface area contributed by atoms with Crippen LogP contribution in [-0.4, -0.2) is 35.3 Å². The Morgan fingerprint density at radius 2 is 2.36 bits per heavy atom. The summed E-state index contributed by atoms with van der Waals surface area (Å²) in [6, 6.07) is 0. The molecule has 66 valence electrons. The van der Waals surface area contributed by atoms with Crippen LogP contribution in [0.5, 0.6) is 0 Å². The van der Waals surface area contributed by atoms with E-state index in [1.165, 1.54) is 11.8 Å². The molecule has 4 heteroatoms. The third-order valence-corrected chi connectivity index (χ3v) is 2.19. The molecule has 0 spiro atoms. The zero-order valence-electron chi connectivity index (χ0n) is 6.87. The summed E-state index contributed by atoms with van der Waals surface area (Å²) in [4.78, 5) is 10.9. The van der Waals surface area contributed by atoms with Gasteiger partial charge in [-0.2, -0.15) is 0 Å². The predicted molar refractivity (Wildman–Crippen MR) is 45.6 cm³/mol. The van der Waals surface area contributed by atoms with Crippen molar-refractivity contribution in [3.05, 3.63) is 0 Å². The first kappa shape index (κ1) is 10.8. The van der Waals surface area contributed by atoms with Crippen LogP contribution in [0.25, 0.3) is 0 Å². The summed E-state index contributed by atoms with van der Waals surface area (Å²) in [5, 5.41) is 8.29. The minimum absolute atomic E-state index is 0.106. The first-order chi connectivity index (χ1) is 5.22. The smallest absolute Gasteiger partial charge is 0.318 e. The summed E-state index contributed by atoms with van der Waals surface area (Å²) in [7, 11) is 0. The molecule has 1 atom stereocenters. The summed E-state index contributed by atoms with van der Waals surface area (Å²) < 4.78 is 4.76. The minimum atomic E-state index is -0.203. The van der Waals surface area contributed by atoms with E-state index in [0.29, 0.717) is 12.4 Å². The van der Waals surface area contributed by atoms with E-state index < -0.39 is 0 Å². The third kappa shape index (κ3) is 5.09. The molecule has 0 radical (unpaired) electrons. The number of aliphatic hydroxyl groups excluding tert-OH is 1. The quantitative estimate of drug-likeness (QED) is 0.628. The van der Waals surface area contributed by atoms with Gasteiger partial charge in [-0.05, 0) is 13.8 Å². The van der Waals surface area contributed by atoms with Gasteiger partial charge >= 0.3 is 5.97 Å². The molecule has 0 heterocycles. The third-order valence-electron chi connectivity index (χ3n) is 1.08. The number of aliphatic hydroxyl groups is 1. The lowest BCUT2D eigenvalue weighted by atomic mass is 10.5. The fraction of sp³-hybridized carbons (Fsp3) is 0.857. The average Bonchev–Trinajstić information content (AvgIpc) is 2.00. The molecule has 0 saturated heterocycles. The fourth-order valence-electron chi connectivity index (χ4n) is 0.557. The number of hydrogen-bond donors (Lipinski definition) is 1. The van der Waals surface area contributed by atoms with Gasteiger partial charge in [-0.1, -0.05) is 0 Å². The van der Waals surface area contributed by atoms with E-state index in [4.69, 9.17) is 9.84 Å². The molecule has 0 aromatic heterocycles. The van der Waals surface area contributed by atoms with E-state index in [-0.39, 0.29) is 17.8 Å². The van der Waals surface area contributed by atoms with E-state index in [0.717, 1.165) is 0 Å². The molecule has 3 nitrogen and oxygen atoms in total. The molecule has 0 saturated carbocycles. The van der Waals surface area contributed by atoms with Crippen molar-refractivity contribution in [2.24, 2.45) is 0 Å². The predicted octanol–water partition coefficient (Wildman–Crippen LogP) is 0.663. The molecule has 0 aliphatic rings. The molecule has 0 rings (SSSR count). The van der Waals surface area contributed by atoms with Crippen LogP contribution in [0.4, 0.5) is 0 Å². The SMILES string of the molecule is CCOC(=O)C(C)SCCO. The Morgan fingerprint density at radius 1 is 1.73 bits per heavy atom. The fourth-order valence-corrected chi connectivity index (χ4v) is 1.22. The highest BCUT2D eigenvalue weighted by Gasteiger charge is 2.12. The Balaban J connectivity index is 3.46. The lowest BCUT2D eigenvalue weighted by molar-refractivity contribution is -0.142. The first-order valence-electron chi connectivity index (χ1n) is 3.61. The zero-order chi connectivity index (χ0) is 8.69. The largest absolute Gasteiger partial charge is 0.465 e.